The van der Waals surface area contributed by atoms with Crippen molar-refractivity contribution in [2.24, 2.45) is 0 Å². The molecular formula is C57H41F6N3. The molecule has 0 saturated carbocycles. The summed E-state index contributed by atoms with van der Waals surface area (Å²) in [6.07, 6.45) is -10.2. The molecule has 10 aromatic rings. The van der Waals surface area contributed by atoms with Crippen molar-refractivity contribution in [3.05, 3.63) is 190 Å². The molecule has 0 aliphatic carbocycles. The molecule has 0 radical (unpaired) electrons. The molecule has 0 N–H and O–H groups in total. The van der Waals surface area contributed by atoms with Crippen molar-refractivity contribution in [1.82, 2.24) is 9.13 Å². The van der Waals surface area contributed by atoms with Crippen molar-refractivity contribution in [2.45, 2.75) is 53.9 Å². The average Bonchev–Trinajstić information content (AvgIpc) is 3.76. The number of aromatic nitrogens is 2. The normalized spacial score (nSPS) is 12.2. The first-order valence-electron chi connectivity index (χ1n) is 21.5. The molecule has 0 bridgehead atoms. The van der Waals surface area contributed by atoms with Crippen molar-refractivity contribution in [1.29, 1.82) is 5.26 Å². The molecule has 0 fully saturated rings. The third-order valence-corrected chi connectivity index (χ3v) is 12.9. The summed E-state index contributed by atoms with van der Waals surface area (Å²) in [6, 6.07) is 43.6. The van der Waals surface area contributed by atoms with Gasteiger partial charge in [0, 0.05) is 27.1 Å². The predicted octanol–water partition coefficient (Wildman–Crippen LogP) is 16.6. The Morgan fingerprint density at radius 3 is 1.30 bits per heavy atom. The number of alkyl halides is 6. The first kappa shape index (κ1) is 42.4. The van der Waals surface area contributed by atoms with Gasteiger partial charge in [0.2, 0.25) is 0 Å². The largest absolute Gasteiger partial charge is 0.417 e. The van der Waals surface area contributed by atoms with Crippen molar-refractivity contribution in [2.75, 3.05) is 0 Å². The van der Waals surface area contributed by atoms with Crippen molar-refractivity contribution < 1.29 is 26.3 Å². The number of nitrogens with zero attached hydrogens (tertiary/aromatic N) is 3. The molecule has 66 heavy (non-hydrogen) atoms. The van der Waals surface area contributed by atoms with Crippen LogP contribution in [0.4, 0.5) is 26.3 Å². The van der Waals surface area contributed by atoms with Crippen LogP contribution in [0.25, 0.3) is 88.4 Å². The van der Waals surface area contributed by atoms with Gasteiger partial charge in [-0.15, -0.1) is 0 Å². The van der Waals surface area contributed by atoms with E-state index in [2.05, 4.69) is 90.1 Å². The van der Waals surface area contributed by atoms with Crippen molar-refractivity contribution in [3.8, 4) is 50.8 Å². The van der Waals surface area contributed by atoms with Crippen LogP contribution in [0, 0.1) is 52.9 Å². The number of hydrogen-bond donors (Lipinski definition) is 0. The molecule has 0 saturated heterocycles. The lowest BCUT2D eigenvalue weighted by Gasteiger charge is -2.21. The highest BCUT2D eigenvalue weighted by molar-refractivity contribution is 6.13. The third kappa shape index (κ3) is 6.82. The van der Waals surface area contributed by atoms with Gasteiger partial charge in [-0.1, -0.05) is 90.0 Å². The highest BCUT2D eigenvalue weighted by Crippen LogP contribution is 2.46. The van der Waals surface area contributed by atoms with E-state index in [0.29, 0.717) is 17.4 Å². The van der Waals surface area contributed by atoms with Crippen molar-refractivity contribution >= 4 is 43.6 Å². The van der Waals surface area contributed by atoms with Crippen LogP contribution < -0.4 is 0 Å². The van der Waals surface area contributed by atoms with E-state index < -0.39 is 29.0 Å². The van der Waals surface area contributed by atoms with E-state index in [9.17, 15) is 18.4 Å². The highest BCUT2D eigenvalue weighted by Gasteiger charge is 2.39. The van der Waals surface area contributed by atoms with Crippen LogP contribution in [0.2, 0.25) is 0 Å². The second-order valence-electron chi connectivity index (χ2n) is 17.5. The molecule has 0 atom stereocenters. The third-order valence-electron chi connectivity index (χ3n) is 12.9. The summed E-state index contributed by atoms with van der Waals surface area (Å²) in [5, 5.41) is 14.5. The van der Waals surface area contributed by atoms with Crippen LogP contribution in [-0.2, 0) is 12.4 Å². The van der Waals surface area contributed by atoms with Crippen LogP contribution in [-0.4, -0.2) is 9.13 Å². The zero-order valence-electron chi connectivity index (χ0n) is 36.9. The number of rotatable bonds is 5. The van der Waals surface area contributed by atoms with Gasteiger partial charge in [-0.05, 0) is 152 Å². The van der Waals surface area contributed by atoms with Crippen LogP contribution in [0.1, 0.15) is 50.1 Å². The summed E-state index contributed by atoms with van der Waals surface area (Å²) in [7, 11) is 0. The van der Waals surface area contributed by atoms with Gasteiger partial charge in [-0.2, -0.15) is 31.6 Å². The van der Waals surface area contributed by atoms with E-state index in [1.54, 1.807) is 6.07 Å². The van der Waals surface area contributed by atoms with Crippen LogP contribution in [0.5, 0.6) is 0 Å². The smallest absolute Gasteiger partial charge is 0.307 e. The average molecular weight is 882 g/mol. The minimum Gasteiger partial charge on any atom is -0.307 e. The number of benzene rings is 8. The van der Waals surface area contributed by atoms with Gasteiger partial charge in [0.05, 0.1) is 56.2 Å². The second-order valence-corrected chi connectivity index (χ2v) is 17.5. The predicted molar refractivity (Wildman–Crippen MR) is 255 cm³/mol. The Balaban J connectivity index is 1.33. The first-order valence-corrected chi connectivity index (χ1v) is 21.5. The fourth-order valence-corrected chi connectivity index (χ4v) is 10.5. The molecule has 0 aliphatic heterocycles. The van der Waals surface area contributed by atoms with Crippen molar-refractivity contribution in [3.63, 3.8) is 0 Å². The number of aryl methyl sites for hydroxylation is 6. The van der Waals surface area contributed by atoms with Gasteiger partial charge in [-0.3, -0.25) is 0 Å². The molecule has 3 nitrogen and oxygen atoms in total. The Hall–Kier alpha value is -7.57. The molecule has 8 aromatic carbocycles. The zero-order valence-corrected chi connectivity index (χ0v) is 36.9. The van der Waals surface area contributed by atoms with E-state index in [-0.39, 0.29) is 17.2 Å². The number of fused-ring (bicyclic) bond motifs is 6. The van der Waals surface area contributed by atoms with E-state index in [0.717, 1.165) is 105 Å². The lowest BCUT2D eigenvalue weighted by molar-refractivity contribution is -0.142. The van der Waals surface area contributed by atoms with Crippen LogP contribution >= 0.6 is 0 Å². The zero-order chi connectivity index (χ0) is 46.6. The standard InChI is InChI=1S/C57H41F6N3/c1-31-21-33(3)54(34(4)22-31)37-15-19-50-45(25-37)42-11-7-9-13-48(42)65(50)52-27-39(30-64)44(41-18-17-40(56(58,59)60)28-47(41)57(61,62)63)29-53(52)66-49-14-10-8-12-43(49)46-26-38(16-20-51(46)66)55-35(5)23-32(2)24-36(55)6/h7-29H,1-6H3. The quantitative estimate of drug-likeness (QED) is 0.159. The Morgan fingerprint density at radius 2 is 0.864 bits per heavy atom. The number of para-hydroxylation sites is 2. The monoisotopic (exact) mass is 881 g/mol. The van der Waals surface area contributed by atoms with Crippen LogP contribution in [0.3, 0.4) is 0 Å². The maximum Gasteiger partial charge on any atom is 0.417 e. The SMILES string of the molecule is Cc1cc(C)c(-c2ccc3c(c2)c2ccccc2n3-c2cc(C#N)c(-c3ccc(C(F)(F)F)cc3C(F)(F)F)cc2-n2c3ccccc3c3cc(-c4c(C)cc(C)cc4C)ccc32)c(C)c1. The van der Waals surface area contributed by atoms with E-state index >= 15 is 13.2 Å². The van der Waals surface area contributed by atoms with Gasteiger partial charge in [0.25, 0.3) is 0 Å². The molecule has 2 aromatic heterocycles. The minimum atomic E-state index is -5.18. The topological polar surface area (TPSA) is 33.6 Å². The van der Waals surface area contributed by atoms with Crippen LogP contribution in [0.15, 0.2) is 140 Å². The summed E-state index contributed by atoms with van der Waals surface area (Å²) < 4.78 is 91.0. The molecule has 326 valence electrons. The van der Waals surface area contributed by atoms with Gasteiger partial charge >= 0.3 is 12.4 Å². The molecule has 9 heteroatoms. The summed E-state index contributed by atoms with van der Waals surface area (Å²) >= 11 is 0. The van der Waals surface area contributed by atoms with E-state index in [1.165, 1.54) is 6.07 Å². The summed E-state index contributed by atoms with van der Waals surface area (Å²) in [4.78, 5) is 0. The molecule has 0 unspecified atom stereocenters. The number of nitriles is 1. The maximum atomic E-state index is 15.0. The maximum absolute atomic E-state index is 15.0. The van der Waals surface area contributed by atoms with E-state index in [1.807, 2.05) is 75.9 Å². The van der Waals surface area contributed by atoms with E-state index in [4.69, 9.17) is 0 Å². The summed E-state index contributed by atoms with van der Waals surface area (Å²) in [5.41, 5.74) is 11.3. The molecular weight excluding hydrogens is 841 g/mol. The van der Waals surface area contributed by atoms with Gasteiger partial charge in [-0.25, -0.2) is 0 Å². The minimum absolute atomic E-state index is 0.128. The summed E-state index contributed by atoms with van der Waals surface area (Å²) in [5.74, 6) is 0. The number of halogens is 6. The Morgan fingerprint density at radius 1 is 0.424 bits per heavy atom. The number of hydrogen-bond acceptors (Lipinski definition) is 1. The second kappa shape index (κ2) is 15.3. The molecule has 10 rings (SSSR count). The lowest BCUT2D eigenvalue weighted by Crippen LogP contribution is -2.13. The highest BCUT2D eigenvalue weighted by atomic mass is 19.4. The molecule has 0 aliphatic rings. The molecule has 0 amide bonds. The fraction of sp³-hybridized carbons (Fsp3) is 0.140. The van der Waals surface area contributed by atoms with Gasteiger partial charge < -0.3 is 9.13 Å². The Bertz CT molecular complexity index is 3660. The van der Waals surface area contributed by atoms with Gasteiger partial charge in [0.1, 0.15) is 0 Å². The Labute approximate surface area is 377 Å². The van der Waals surface area contributed by atoms with Gasteiger partial charge in [0.15, 0.2) is 0 Å². The summed E-state index contributed by atoms with van der Waals surface area (Å²) in [6.45, 7) is 12.5. The first-order chi connectivity index (χ1) is 31.4. The molecule has 0 spiro atoms. The fourth-order valence-electron chi connectivity index (χ4n) is 10.5. The lowest BCUT2D eigenvalue weighted by atomic mass is 9.92. The molecule has 2 heterocycles. The Kier molecular flexibility index (Phi) is 9.81.